The van der Waals surface area contributed by atoms with Crippen LogP contribution < -0.4 is 0 Å². The average Bonchev–Trinajstić information content (AvgIpc) is 2.81. The van der Waals surface area contributed by atoms with E-state index in [1.54, 1.807) is 6.20 Å². The van der Waals surface area contributed by atoms with Gasteiger partial charge in [-0.05, 0) is 41.0 Å². The Morgan fingerprint density at radius 1 is 1.21 bits per heavy atom. The Hall–Kier alpha value is -1.77. The van der Waals surface area contributed by atoms with E-state index >= 15 is 0 Å². The van der Waals surface area contributed by atoms with Gasteiger partial charge in [0.2, 0.25) is 10.0 Å². The molecule has 4 rings (SSSR count). The molecular formula is C20H22ClN3O3S. The number of aliphatic hydroxyl groups is 1. The molecule has 2 aliphatic rings. The molecule has 1 aliphatic heterocycles. The first-order valence-electron chi connectivity index (χ1n) is 9.14. The van der Waals surface area contributed by atoms with Gasteiger partial charge in [-0.3, -0.25) is 9.88 Å². The number of pyridine rings is 1. The van der Waals surface area contributed by atoms with Crippen molar-refractivity contribution in [1.82, 2.24) is 14.2 Å². The Labute approximate surface area is 170 Å². The standard InChI is InChI=1S/C20H22ClN3O3S/c1-28(26,27)24-9-7-23(8-10-24)20-18-5-4-16(21)12-14(18)11-15(13-25)17-3-2-6-22-19(17)20/h2-6,11-12,20,25H,7-10,13H2,1H3. The van der Waals surface area contributed by atoms with Crippen LogP contribution in [0.15, 0.2) is 36.5 Å². The minimum Gasteiger partial charge on any atom is -0.392 e. The minimum atomic E-state index is -3.20. The van der Waals surface area contributed by atoms with E-state index in [4.69, 9.17) is 11.6 Å². The normalized spacial score (nSPS) is 20.8. The number of hydrogen-bond acceptors (Lipinski definition) is 5. The van der Waals surface area contributed by atoms with Crippen LogP contribution in [0, 0.1) is 0 Å². The number of benzene rings is 1. The maximum atomic E-state index is 11.9. The second-order valence-electron chi connectivity index (χ2n) is 7.14. The number of aromatic nitrogens is 1. The summed E-state index contributed by atoms with van der Waals surface area (Å²) in [6, 6.07) is 9.46. The Balaban J connectivity index is 1.80. The van der Waals surface area contributed by atoms with Gasteiger partial charge < -0.3 is 5.11 Å². The van der Waals surface area contributed by atoms with Gasteiger partial charge in [-0.2, -0.15) is 4.31 Å². The number of sulfonamides is 1. The summed E-state index contributed by atoms with van der Waals surface area (Å²) in [5.41, 5.74) is 4.58. The van der Waals surface area contributed by atoms with Gasteiger partial charge in [-0.15, -0.1) is 0 Å². The number of hydrogen-bond donors (Lipinski definition) is 1. The second-order valence-corrected chi connectivity index (χ2v) is 9.56. The van der Waals surface area contributed by atoms with Crippen LogP contribution >= 0.6 is 11.6 Å². The van der Waals surface area contributed by atoms with E-state index in [0.717, 1.165) is 28.0 Å². The highest BCUT2D eigenvalue weighted by Gasteiger charge is 2.34. The smallest absolute Gasteiger partial charge is 0.211 e. The summed E-state index contributed by atoms with van der Waals surface area (Å²) < 4.78 is 25.3. The summed E-state index contributed by atoms with van der Waals surface area (Å²) in [5, 5.41) is 10.6. The molecule has 148 valence electrons. The maximum absolute atomic E-state index is 11.9. The van der Waals surface area contributed by atoms with Crippen molar-refractivity contribution in [3.8, 4) is 0 Å². The molecule has 6 nitrogen and oxygen atoms in total. The highest BCUT2D eigenvalue weighted by molar-refractivity contribution is 7.88. The van der Waals surface area contributed by atoms with Crippen LogP contribution in [0.25, 0.3) is 11.6 Å². The van der Waals surface area contributed by atoms with Gasteiger partial charge in [0, 0.05) is 43.0 Å². The first-order chi connectivity index (χ1) is 13.4. The van der Waals surface area contributed by atoms with Crippen molar-refractivity contribution in [2.45, 2.75) is 6.04 Å². The van der Waals surface area contributed by atoms with Gasteiger partial charge >= 0.3 is 0 Å². The Morgan fingerprint density at radius 2 is 1.96 bits per heavy atom. The Morgan fingerprint density at radius 3 is 2.64 bits per heavy atom. The number of rotatable bonds is 3. The van der Waals surface area contributed by atoms with Gasteiger partial charge in [-0.25, -0.2) is 8.42 Å². The first-order valence-corrected chi connectivity index (χ1v) is 11.4. The van der Waals surface area contributed by atoms with E-state index < -0.39 is 10.0 Å². The molecule has 1 saturated heterocycles. The average molecular weight is 420 g/mol. The van der Waals surface area contributed by atoms with Gasteiger partial charge in [0.25, 0.3) is 0 Å². The van der Waals surface area contributed by atoms with Crippen LogP contribution in [-0.4, -0.2) is 66.8 Å². The van der Waals surface area contributed by atoms with Gasteiger partial charge in [0.1, 0.15) is 0 Å². The molecule has 2 aromatic rings. The number of piperazine rings is 1. The Kier molecular flexibility index (Phi) is 5.28. The Bertz CT molecular complexity index is 1030. The summed E-state index contributed by atoms with van der Waals surface area (Å²) in [7, 11) is -3.20. The number of halogens is 1. The molecule has 0 saturated carbocycles. The molecule has 0 amide bonds. The van der Waals surface area contributed by atoms with Crippen molar-refractivity contribution < 1.29 is 13.5 Å². The molecule has 0 radical (unpaired) electrons. The lowest BCUT2D eigenvalue weighted by Crippen LogP contribution is -2.49. The fourth-order valence-electron chi connectivity index (χ4n) is 4.03. The molecule has 0 bridgehead atoms. The van der Waals surface area contributed by atoms with Crippen LogP contribution in [-0.2, 0) is 10.0 Å². The van der Waals surface area contributed by atoms with Crippen LogP contribution in [0.4, 0.5) is 0 Å². The molecule has 1 N–H and O–H groups in total. The van der Waals surface area contributed by atoms with Crippen LogP contribution in [0.2, 0.25) is 5.02 Å². The fraction of sp³-hybridized carbons (Fsp3) is 0.350. The highest BCUT2D eigenvalue weighted by atomic mass is 35.5. The van der Waals surface area contributed by atoms with Crippen LogP contribution in [0.3, 0.4) is 0 Å². The number of aliphatic hydroxyl groups excluding tert-OH is 1. The quantitative estimate of drug-likeness (QED) is 0.826. The zero-order chi connectivity index (χ0) is 19.9. The molecule has 1 aromatic carbocycles. The zero-order valence-electron chi connectivity index (χ0n) is 15.5. The third-order valence-electron chi connectivity index (χ3n) is 5.39. The number of fused-ring (bicyclic) bond motifs is 2. The molecule has 1 unspecified atom stereocenters. The molecule has 0 spiro atoms. The van der Waals surface area contributed by atoms with E-state index in [1.807, 2.05) is 36.4 Å². The lowest BCUT2D eigenvalue weighted by Gasteiger charge is -2.38. The lowest BCUT2D eigenvalue weighted by atomic mass is 9.95. The monoisotopic (exact) mass is 419 g/mol. The van der Waals surface area contributed by atoms with E-state index in [9.17, 15) is 13.5 Å². The van der Waals surface area contributed by atoms with Crippen molar-refractivity contribution in [1.29, 1.82) is 0 Å². The van der Waals surface area contributed by atoms with Crippen LogP contribution in [0.1, 0.15) is 28.4 Å². The maximum Gasteiger partial charge on any atom is 0.211 e. The van der Waals surface area contributed by atoms with Gasteiger partial charge in [0.05, 0.1) is 24.6 Å². The van der Waals surface area contributed by atoms with Crippen LogP contribution in [0.5, 0.6) is 0 Å². The molecule has 1 aliphatic carbocycles. The molecule has 8 heteroatoms. The van der Waals surface area contributed by atoms with Crippen molar-refractivity contribution in [3.63, 3.8) is 0 Å². The number of nitrogens with zero attached hydrogens (tertiary/aromatic N) is 3. The van der Waals surface area contributed by atoms with E-state index in [1.165, 1.54) is 10.6 Å². The highest BCUT2D eigenvalue weighted by Crippen LogP contribution is 2.39. The molecule has 1 aromatic heterocycles. The van der Waals surface area contributed by atoms with Crippen molar-refractivity contribution in [2.75, 3.05) is 39.0 Å². The molecule has 1 atom stereocenters. The summed E-state index contributed by atoms with van der Waals surface area (Å²) in [6.45, 7) is 2.00. The summed E-state index contributed by atoms with van der Waals surface area (Å²) in [4.78, 5) is 6.92. The van der Waals surface area contributed by atoms with E-state index in [-0.39, 0.29) is 12.6 Å². The zero-order valence-corrected chi connectivity index (χ0v) is 17.1. The van der Waals surface area contributed by atoms with Gasteiger partial charge in [0.15, 0.2) is 0 Å². The SMILES string of the molecule is CS(=O)(=O)N1CCN(C2c3ccc(Cl)cc3C=C(CO)c3cccnc32)CC1. The fourth-order valence-corrected chi connectivity index (χ4v) is 5.04. The minimum absolute atomic E-state index is 0.0980. The molecule has 1 fully saturated rings. The molecule has 28 heavy (non-hydrogen) atoms. The largest absolute Gasteiger partial charge is 0.392 e. The summed E-state index contributed by atoms with van der Waals surface area (Å²) in [5.74, 6) is 0. The lowest BCUT2D eigenvalue weighted by molar-refractivity contribution is 0.154. The van der Waals surface area contributed by atoms with E-state index in [2.05, 4.69) is 9.88 Å². The predicted molar refractivity (Wildman–Crippen MR) is 110 cm³/mol. The van der Waals surface area contributed by atoms with Crippen molar-refractivity contribution in [3.05, 3.63) is 63.9 Å². The predicted octanol–water partition coefficient (Wildman–Crippen LogP) is 2.25. The summed E-state index contributed by atoms with van der Waals surface area (Å²) >= 11 is 6.24. The topological polar surface area (TPSA) is 73.7 Å². The second kappa shape index (κ2) is 7.57. The van der Waals surface area contributed by atoms with Crippen molar-refractivity contribution >= 4 is 33.3 Å². The summed E-state index contributed by atoms with van der Waals surface area (Å²) in [6.07, 6.45) is 4.98. The van der Waals surface area contributed by atoms with Gasteiger partial charge in [-0.1, -0.05) is 23.7 Å². The third kappa shape index (κ3) is 3.60. The molecule has 2 heterocycles. The van der Waals surface area contributed by atoms with Crippen molar-refractivity contribution in [2.24, 2.45) is 0 Å². The molecular weight excluding hydrogens is 398 g/mol. The third-order valence-corrected chi connectivity index (χ3v) is 6.93. The first kappa shape index (κ1) is 19.5. The van der Waals surface area contributed by atoms with E-state index in [0.29, 0.717) is 31.2 Å².